The van der Waals surface area contributed by atoms with Crippen LogP contribution in [-0.2, 0) is 25.6 Å². The highest BCUT2D eigenvalue weighted by molar-refractivity contribution is 6.22. The van der Waals surface area contributed by atoms with Crippen molar-refractivity contribution >= 4 is 35.1 Å². The number of hydrogen-bond acceptors (Lipinski definition) is 5. The minimum absolute atomic E-state index is 0.0769. The number of rotatable bonds is 5. The number of allylic oxidation sites excluding steroid dienone is 2. The Bertz CT molecular complexity index is 1160. The summed E-state index contributed by atoms with van der Waals surface area (Å²) in [6, 6.07) is 14.2. The third-order valence-corrected chi connectivity index (χ3v) is 6.92. The van der Waals surface area contributed by atoms with Crippen molar-refractivity contribution in [3.8, 4) is 5.75 Å². The van der Waals surface area contributed by atoms with Gasteiger partial charge in [-0.2, -0.15) is 0 Å². The molecule has 34 heavy (non-hydrogen) atoms. The Labute approximate surface area is 198 Å². The van der Waals surface area contributed by atoms with E-state index in [1.54, 1.807) is 23.1 Å². The van der Waals surface area contributed by atoms with E-state index in [-0.39, 0.29) is 48.3 Å². The average Bonchev–Trinajstić information content (AvgIpc) is 3.37. The van der Waals surface area contributed by atoms with Crippen LogP contribution in [0.2, 0.25) is 0 Å². The number of anilines is 2. The van der Waals surface area contributed by atoms with Gasteiger partial charge in [0, 0.05) is 24.7 Å². The molecule has 7 nitrogen and oxygen atoms in total. The van der Waals surface area contributed by atoms with Gasteiger partial charge in [-0.3, -0.25) is 19.2 Å². The predicted octanol–water partition coefficient (Wildman–Crippen LogP) is 3.66. The standard InChI is InChI=1S/C27H26N2O5/c1-2-17-10-12-19(13-11-17)28-16-18(14-24(28)30)27(33)34-21-7-5-6-20(15-21)29-25(31)22-8-3-4-9-23(22)26(29)32/h3-7,10-13,15,18,22-23H,2,8-9,14,16H2,1H3/t18-,22-,23+/m1/s1. The van der Waals surface area contributed by atoms with Gasteiger partial charge in [0.1, 0.15) is 5.75 Å². The van der Waals surface area contributed by atoms with Crippen LogP contribution < -0.4 is 14.5 Å². The van der Waals surface area contributed by atoms with E-state index >= 15 is 0 Å². The molecule has 2 aromatic rings. The van der Waals surface area contributed by atoms with Crippen LogP contribution in [0.25, 0.3) is 0 Å². The van der Waals surface area contributed by atoms with Gasteiger partial charge in [-0.05, 0) is 49.1 Å². The SMILES string of the molecule is CCc1ccc(N2C[C@H](C(=O)Oc3cccc(N4C(=O)[C@H]5CC=CC[C@H]5C4=O)c3)CC2=O)cc1. The third-order valence-electron chi connectivity index (χ3n) is 6.92. The minimum Gasteiger partial charge on any atom is -0.426 e. The Morgan fingerprint density at radius 2 is 1.62 bits per heavy atom. The Morgan fingerprint density at radius 3 is 2.26 bits per heavy atom. The molecule has 0 N–H and O–H groups in total. The van der Waals surface area contributed by atoms with Crippen molar-refractivity contribution < 1.29 is 23.9 Å². The van der Waals surface area contributed by atoms with E-state index in [1.165, 1.54) is 16.5 Å². The average molecular weight is 459 g/mol. The zero-order chi connectivity index (χ0) is 23.8. The molecule has 2 aliphatic heterocycles. The lowest BCUT2D eigenvalue weighted by molar-refractivity contribution is -0.139. The molecule has 2 saturated heterocycles. The fraction of sp³-hybridized carbons (Fsp3) is 0.333. The highest BCUT2D eigenvalue weighted by Crippen LogP contribution is 2.38. The van der Waals surface area contributed by atoms with Crippen molar-refractivity contribution in [1.82, 2.24) is 0 Å². The maximum absolute atomic E-state index is 12.9. The molecule has 2 heterocycles. The van der Waals surface area contributed by atoms with Gasteiger partial charge in [-0.15, -0.1) is 0 Å². The Morgan fingerprint density at radius 1 is 0.941 bits per heavy atom. The maximum Gasteiger partial charge on any atom is 0.316 e. The number of benzene rings is 2. The van der Waals surface area contributed by atoms with Gasteiger partial charge in [0.25, 0.3) is 0 Å². The highest BCUT2D eigenvalue weighted by Gasteiger charge is 2.48. The van der Waals surface area contributed by atoms with Crippen LogP contribution in [-0.4, -0.2) is 30.2 Å². The number of fused-ring (bicyclic) bond motifs is 1. The van der Waals surface area contributed by atoms with E-state index < -0.39 is 11.9 Å². The number of imide groups is 1. The second-order valence-electron chi connectivity index (χ2n) is 9.01. The van der Waals surface area contributed by atoms with E-state index in [4.69, 9.17) is 4.74 Å². The van der Waals surface area contributed by atoms with Gasteiger partial charge in [-0.25, -0.2) is 4.90 Å². The number of amides is 3. The summed E-state index contributed by atoms with van der Waals surface area (Å²) in [4.78, 5) is 53.9. The molecule has 0 saturated carbocycles. The lowest BCUT2D eigenvalue weighted by atomic mass is 9.85. The quantitative estimate of drug-likeness (QED) is 0.296. The van der Waals surface area contributed by atoms with Crippen molar-refractivity contribution in [3.05, 3.63) is 66.2 Å². The Hall–Kier alpha value is -3.74. The molecule has 3 aliphatic rings. The summed E-state index contributed by atoms with van der Waals surface area (Å²) in [5, 5.41) is 0. The molecule has 0 unspecified atom stereocenters. The van der Waals surface area contributed by atoms with Crippen LogP contribution in [0.5, 0.6) is 5.75 Å². The zero-order valence-corrected chi connectivity index (χ0v) is 19.0. The largest absolute Gasteiger partial charge is 0.426 e. The normalized spacial score (nSPS) is 24.0. The number of ether oxygens (including phenoxy) is 1. The van der Waals surface area contributed by atoms with Crippen molar-refractivity contribution in [1.29, 1.82) is 0 Å². The third kappa shape index (κ3) is 3.91. The van der Waals surface area contributed by atoms with Gasteiger partial charge in [0.15, 0.2) is 0 Å². The van der Waals surface area contributed by atoms with Crippen LogP contribution in [0.1, 0.15) is 31.7 Å². The topological polar surface area (TPSA) is 84.0 Å². The number of hydrogen-bond donors (Lipinski definition) is 0. The first-order chi connectivity index (χ1) is 16.5. The first-order valence-electron chi connectivity index (χ1n) is 11.7. The summed E-state index contributed by atoms with van der Waals surface area (Å²) in [6.07, 6.45) is 6.00. The van der Waals surface area contributed by atoms with Crippen LogP contribution in [0.15, 0.2) is 60.7 Å². The van der Waals surface area contributed by atoms with Crippen molar-refractivity contribution in [2.24, 2.45) is 17.8 Å². The van der Waals surface area contributed by atoms with Crippen molar-refractivity contribution in [3.63, 3.8) is 0 Å². The molecule has 2 aromatic carbocycles. The molecule has 7 heteroatoms. The lowest BCUT2D eigenvalue weighted by Crippen LogP contribution is -2.31. The Balaban J connectivity index is 1.28. The van der Waals surface area contributed by atoms with Gasteiger partial charge < -0.3 is 9.64 Å². The number of nitrogens with zero attached hydrogens (tertiary/aromatic N) is 2. The molecule has 1 aliphatic carbocycles. The number of carbonyl (C=O) groups is 4. The molecule has 2 fully saturated rings. The van der Waals surface area contributed by atoms with E-state index in [1.807, 2.05) is 36.4 Å². The second-order valence-corrected chi connectivity index (χ2v) is 9.01. The maximum atomic E-state index is 12.9. The summed E-state index contributed by atoms with van der Waals surface area (Å²) in [6.45, 7) is 2.32. The van der Waals surface area contributed by atoms with Crippen LogP contribution >= 0.6 is 0 Å². The lowest BCUT2D eigenvalue weighted by Gasteiger charge is -2.17. The van der Waals surface area contributed by atoms with Crippen LogP contribution in [0.3, 0.4) is 0 Å². The molecule has 5 rings (SSSR count). The molecule has 0 aromatic heterocycles. The van der Waals surface area contributed by atoms with Crippen LogP contribution in [0.4, 0.5) is 11.4 Å². The first-order valence-corrected chi connectivity index (χ1v) is 11.7. The predicted molar refractivity (Wildman–Crippen MR) is 126 cm³/mol. The van der Waals surface area contributed by atoms with Gasteiger partial charge in [0.2, 0.25) is 17.7 Å². The molecular formula is C27H26N2O5. The van der Waals surface area contributed by atoms with Gasteiger partial charge in [0.05, 0.1) is 23.4 Å². The van der Waals surface area contributed by atoms with E-state index in [2.05, 4.69) is 6.92 Å². The van der Waals surface area contributed by atoms with E-state index in [9.17, 15) is 19.2 Å². The van der Waals surface area contributed by atoms with Gasteiger partial charge >= 0.3 is 5.97 Å². The molecule has 3 amide bonds. The summed E-state index contributed by atoms with van der Waals surface area (Å²) < 4.78 is 5.58. The zero-order valence-electron chi connectivity index (χ0n) is 19.0. The number of esters is 1. The molecule has 174 valence electrons. The van der Waals surface area contributed by atoms with E-state index in [0.717, 1.165) is 12.1 Å². The minimum atomic E-state index is -0.592. The first kappa shape index (κ1) is 22.1. The number of aryl methyl sites for hydroxylation is 1. The molecule has 3 atom stereocenters. The fourth-order valence-electron chi connectivity index (χ4n) is 4.97. The number of carbonyl (C=O) groups excluding carboxylic acids is 4. The summed E-state index contributed by atoms with van der Waals surface area (Å²) in [7, 11) is 0. The monoisotopic (exact) mass is 458 g/mol. The van der Waals surface area contributed by atoms with Crippen molar-refractivity contribution in [2.75, 3.05) is 16.3 Å². The molecule has 0 spiro atoms. The Kier molecular flexibility index (Phi) is 5.77. The summed E-state index contributed by atoms with van der Waals surface area (Å²) in [5.41, 5.74) is 2.34. The fourth-order valence-corrected chi connectivity index (χ4v) is 4.97. The second kappa shape index (κ2) is 8.89. The van der Waals surface area contributed by atoms with E-state index in [0.29, 0.717) is 18.5 Å². The van der Waals surface area contributed by atoms with Gasteiger partial charge in [-0.1, -0.05) is 37.3 Å². The summed E-state index contributed by atoms with van der Waals surface area (Å²) >= 11 is 0. The molecule has 0 radical (unpaired) electrons. The molecular weight excluding hydrogens is 432 g/mol. The van der Waals surface area contributed by atoms with Crippen LogP contribution in [0, 0.1) is 17.8 Å². The molecule has 0 bridgehead atoms. The smallest absolute Gasteiger partial charge is 0.316 e. The van der Waals surface area contributed by atoms with Crippen molar-refractivity contribution in [2.45, 2.75) is 32.6 Å². The highest BCUT2D eigenvalue weighted by atomic mass is 16.5. The summed E-state index contributed by atoms with van der Waals surface area (Å²) in [5.74, 6) is -2.06.